The van der Waals surface area contributed by atoms with Crippen molar-refractivity contribution >= 4 is 11.6 Å². The Labute approximate surface area is 145 Å². The molecule has 6 nitrogen and oxygen atoms in total. The number of non-ortho nitro benzene ring substituents is 1. The molecule has 2 N–H and O–H groups in total. The van der Waals surface area contributed by atoms with Crippen molar-refractivity contribution in [3.05, 3.63) is 75.1 Å². The van der Waals surface area contributed by atoms with Crippen LogP contribution in [0.1, 0.15) is 23.6 Å². The highest BCUT2D eigenvalue weighted by Gasteiger charge is 2.06. The number of aliphatic imine (C=N–C) groups is 1. The van der Waals surface area contributed by atoms with Gasteiger partial charge in [-0.05, 0) is 36.6 Å². The van der Waals surface area contributed by atoms with Crippen molar-refractivity contribution in [3.8, 4) is 0 Å². The summed E-state index contributed by atoms with van der Waals surface area (Å²) in [6, 6.07) is 11.5. The van der Waals surface area contributed by atoms with E-state index in [2.05, 4.69) is 15.6 Å². The molecular formula is C18H21FN4O2. The molecule has 0 spiro atoms. The van der Waals surface area contributed by atoms with Gasteiger partial charge in [0.2, 0.25) is 0 Å². The summed E-state index contributed by atoms with van der Waals surface area (Å²) < 4.78 is 13.6. The van der Waals surface area contributed by atoms with Crippen molar-refractivity contribution in [2.24, 2.45) is 4.99 Å². The molecule has 2 aromatic rings. The number of benzene rings is 2. The van der Waals surface area contributed by atoms with Crippen LogP contribution in [0.4, 0.5) is 10.1 Å². The van der Waals surface area contributed by atoms with E-state index >= 15 is 0 Å². The third-order valence-electron chi connectivity index (χ3n) is 3.58. The van der Waals surface area contributed by atoms with Crippen LogP contribution in [-0.4, -0.2) is 17.4 Å². The number of aryl methyl sites for hydroxylation is 1. The molecular weight excluding hydrogens is 323 g/mol. The quantitative estimate of drug-likeness (QED) is 0.365. The van der Waals surface area contributed by atoms with Crippen LogP contribution in [0.15, 0.2) is 47.5 Å². The van der Waals surface area contributed by atoms with Crippen molar-refractivity contribution in [2.45, 2.75) is 26.9 Å². The first-order chi connectivity index (χ1) is 12.0. The Morgan fingerprint density at radius 3 is 2.68 bits per heavy atom. The van der Waals surface area contributed by atoms with E-state index in [-0.39, 0.29) is 11.5 Å². The van der Waals surface area contributed by atoms with E-state index in [0.717, 1.165) is 11.1 Å². The maximum Gasteiger partial charge on any atom is 0.269 e. The first-order valence-corrected chi connectivity index (χ1v) is 8.00. The lowest BCUT2D eigenvalue weighted by molar-refractivity contribution is -0.384. The molecule has 0 bridgehead atoms. The Balaban J connectivity index is 2.03. The number of hydrogen-bond donors (Lipinski definition) is 2. The second-order valence-corrected chi connectivity index (χ2v) is 5.56. The molecule has 0 aromatic heterocycles. The predicted octanol–water partition coefficient (Wildman–Crippen LogP) is 3.30. The number of halogens is 1. The third kappa shape index (κ3) is 5.56. The highest BCUT2D eigenvalue weighted by Crippen LogP contribution is 2.13. The fraction of sp³-hybridized carbons (Fsp3) is 0.278. The topological polar surface area (TPSA) is 79.6 Å². The summed E-state index contributed by atoms with van der Waals surface area (Å²) >= 11 is 0. The van der Waals surface area contributed by atoms with E-state index < -0.39 is 4.92 Å². The Bertz CT molecular complexity index is 777. The molecule has 0 unspecified atom stereocenters. The summed E-state index contributed by atoms with van der Waals surface area (Å²) in [6.45, 7) is 5.06. The molecule has 0 saturated carbocycles. The zero-order valence-electron chi connectivity index (χ0n) is 14.3. The van der Waals surface area contributed by atoms with Crippen LogP contribution in [0.2, 0.25) is 0 Å². The maximum atomic E-state index is 13.6. The van der Waals surface area contributed by atoms with E-state index in [0.29, 0.717) is 31.2 Å². The van der Waals surface area contributed by atoms with E-state index in [4.69, 9.17) is 0 Å². The average molecular weight is 344 g/mol. The first-order valence-electron chi connectivity index (χ1n) is 8.00. The number of rotatable bonds is 6. The van der Waals surface area contributed by atoms with Crippen molar-refractivity contribution in [3.63, 3.8) is 0 Å². The van der Waals surface area contributed by atoms with Gasteiger partial charge in [-0.25, -0.2) is 9.38 Å². The highest BCUT2D eigenvalue weighted by atomic mass is 19.1. The molecule has 0 atom stereocenters. The minimum atomic E-state index is -0.428. The lowest BCUT2D eigenvalue weighted by Crippen LogP contribution is -2.36. The smallest absolute Gasteiger partial charge is 0.269 e. The van der Waals surface area contributed by atoms with Gasteiger partial charge in [0.1, 0.15) is 5.82 Å². The number of hydrogen-bond acceptors (Lipinski definition) is 3. The van der Waals surface area contributed by atoms with Gasteiger partial charge in [0.25, 0.3) is 5.69 Å². The molecule has 0 fully saturated rings. The number of guanidine groups is 1. The molecule has 2 aromatic carbocycles. The molecule has 0 aliphatic heterocycles. The monoisotopic (exact) mass is 344 g/mol. The SMILES string of the molecule is CCNC(=NCc1cccc([N+](=O)[O-])c1)NCc1ccc(C)c(F)c1. The van der Waals surface area contributed by atoms with Gasteiger partial charge in [-0.1, -0.05) is 24.3 Å². The molecule has 0 aliphatic carbocycles. The summed E-state index contributed by atoms with van der Waals surface area (Å²) in [7, 11) is 0. The fourth-order valence-electron chi connectivity index (χ4n) is 2.21. The van der Waals surface area contributed by atoms with Crippen LogP contribution >= 0.6 is 0 Å². The van der Waals surface area contributed by atoms with Crippen LogP contribution in [0.5, 0.6) is 0 Å². The summed E-state index contributed by atoms with van der Waals surface area (Å²) in [5.74, 6) is 0.327. The van der Waals surface area contributed by atoms with Gasteiger partial charge in [-0.15, -0.1) is 0 Å². The predicted molar refractivity (Wildman–Crippen MR) is 95.9 cm³/mol. The van der Waals surface area contributed by atoms with Crippen molar-refractivity contribution in [1.29, 1.82) is 0 Å². The Hall–Kier alpha value is -2.96. The largest absolute Gasteiger partial charge is 0.357 e. The Morgan fingerprint density at radius 2 is 2.00 bits per heavy atom. The standard InChI is InChI=1S/C18H21FN4O2/c1-3-20-18(22-12-15-8-7-13(2)17(19)10-15)21-11-14-5-4-6-16(9-14)23(24)25/h4-10H,3,11-12H2,1-2H3,(H2,20,21,22). The van der Waals surface area contributed by atoms with Crippen LogP contribution in [0.3, 0.4) is 0 Å². The van der Waals surface area contributed by atoms with Crippen molar-refractivity contribution in [2.75, 3.05) is 6.54 Å². The summed E-state index contributed by atoms with van der Waals surface area (Å²) in [5, 5.41) is 17.0. The average Bonchev–Trinajstić information content (AvgIpc) is 2.60. The van der Waals surface area contributed by atoms with Crippen LogP contribution in [0, 0.1) is 22.9 Å². The van der Waals surface area contributed by atoms with Gasteiger partial charge in [0, 0.05) is 25.2 Å². The summed E-state index contributed by atoms with van der Waals surface area (Å²) in [4.78, 5) is 14.8. The minimum Gasteiger partial charge on any atom is -0.357 e. The molecule has 0 heterocycles. The summed E-state index contributed by atoms with van der Waals surface area (Å²) in [5.41, 5.74) is 2.20. The molecule has 25 heavy (non-hydrogen) atoms. The van der Waals surface area contributed by atoms with Gasteiger partial charge in [0.05, 0.1) is 11.5 Å². The highest BCUT2D eigenvalue weighted by molar-refractivity contribution is 5.79. The Kier molecular flexibility index (Phi) is 6.45. The normalized spacial score (nSPS) is 11.2. The van der Waals surface area contributed by atoms with E-state index in [1.807, 2.05) is 13.0 Å². The van der Waals surface area contributed by atoms with Crippen molar-refractivity contribution in [1.82, 2.24) is 10.6 Å². The second-order valence-electron chi connectivity index (χ2n) is 5.56. The second kappa shape index (κ2) is 8.77. The molecule has 132 valence electrons. The lowest BCUT2D eigenvalue weighted by atomic mass is 10.1. The molecule has 7 heteroatoms. The number of nitrogens with zero attached hydrogens (tertiary/aromatic N) is 2. The van der Waals surface area contributed by atoms with Crippen molar-refractivity contribution < 1.29 is 9.31 Å². The first kappa shape index (κ1) is 18.4. The van der Waals surface area contributed by atoms with E-state index in [1.54, 1.807) is 25.1 Å². The molecule has 0 amide bonds. The van der Waals surface area contributed by atoms with Gasteiger partial charge in [-0.3, -0.25) is 10.1 Å². The van der Waals surface area contributed by atoms with Gasteiger partial charge in [-0.2, -0.15) is 0 Å². The number of nitro groups is 1. The minimum absolute atomic E-state index is 0.0424. The van der Waals surface area contributed by atoms with Crippen LogP contribution < -0.4 is 10.6 Å². The molecule has 0 saturated heterocycles. The zero-order valence-corrected chi connectivity index (χ0v) is 14.3. The number of nitrogens with one attached hydrogen (secondary N) is 2. The fourth-order valence-corrected chi connectivity index (χ4v) is 2.21. The van der Waals surface area contributed by atoms with Crippen LogP contribution in [-0.2, 0) is 13.1 Å². The van der Waals surface area contributed by atoms with E-state index in [9.17, 15) is 14.5 Å². The molecule has 2 rings (SSSR count). The molecule has 0 aliphatic rings. The Morgan fingerprint density at radius 1 is 1.20 bits per heavy atom. The van der Waals surface area contributed by atoms with Gasteiger partial charge in [0.15, 0.2) is 5.96 Å². The zero-order chi connectivity index (χ0) is 18.2. The third-order valence-corrected chi connectivity index (χ3v) is 3.58. The summed E-state index contributed by atoms with van der Waals surface area (Å²) in [6.07, 6.45) is 0. The molecule has 0 radical (unpaired) electrons. The van der Waals surface area contributed by atoms with Gasteiger partial charge < -0.3 is 10.6 Å². The van der Waals surface area contributed by atoms with E-state index in [1.165, 1.54) is 18.2 Å². The lowest BCUT2D eigenvalue weighted by Gasteiger charge is -2.12. The van der Waals surface area contributed by atoms with Crippen LogP contribution in [0.25, 0.3) is 0 Å². The maximum absolute atomic E-state index is 13.6. The van der Waals surface area contributed by atoms with Gasteiger partial charge >= 0.3 is 0 Å². The number of nitro benzene ring substituents is 1.